The zero-order valence-corrected chi connectivity index (χ0v) is 12.4. The van der Waals surface area contributed by atoms with E-state index in [2.05, 4.69) is 6.07 Å². The van der Waals surface area contributed by atoms with E-state index in [0.717, 1.165) is 6.42 Å². The third-order valence-electron chi connectivity index (χ3n) is 4.40. The van der Waals surface area contributed by atoms with Gasteiger partial charge < -0.3 is 9.47 Å². The number of carbonyl (C=O) groups excluding carboxylic acids is 2. The van der Waals surface area contributed by atoms with Crippen LogP contribution in [-0.2, 0) is 19.1 Å². The summed E-state index contributed by atoms with van der Waals surface area (Å²) in [5.74, 6) is -0.855. The molecule has 1 saturated carbocycles. The van der Waals surface area contributed by atoms with Crippen molar-refractivity contribution in [3.05, 3.63) is 0 Å². The highest BCUT2D eigenvalue weighted by atomic mass is 16.6. The maximum absolute atomic E-state index is 12.1. The van der Waals surface area contributed by atoms with Gasteiger partial charge in [-0.1, -0.05) is 20.8 Å². The van der Waals surface area contributed by atoms with Crippen LogP contribution in [-0.4, -0.2) is 24.1 Å². The Kier molecular flexibility index (Phi) is 3.77. The Labute approximate surface area is 119 Å². The predicted molar refractivity (Wildman–Crippen MR) is 70.2 cm³/mol. The number of carbonyl (C=O) groups is 2. The first-order valence-electron chi connectivity index (χ1n) is 7.14. The molecule has 1 aliphatic heterocycles. The van der Waals surface area contributed by atoms with E-state index in [1.165, 1.54) is 0 Å². The maximum Gasteiger partial charge on any atom is 0.327 e. The SMILES string of the molecule is CC1CC2C(C(C)OC(=O)C(C)C)OC(=O)C2(C#N)C1. The molecule has 1 heterocycles. The van der Waals surface area contributed by atoms with E-state index < -0.39 is 23.6 Å². The summed E-state index contributed by atoms with van der Waals surface area (Å²) in [5, 5.41) is 9.43. The second kappa shape index (κ2) is 5.08. The molecule has 2 rings (SSSR count). The molecule has 0 aromatic rings. The Morgan fingerprint density at radius 1 is 1.50 bits per heavy atom. The largest absolute Gasteiger partial charge is 0.459 e. The summed E-state index contributed by atoms with van der Waals surface area (Å²) in [6, 6.07) is 2.17. The average molecular weight is 279 g/mol. The van der Waals surface area contributed by atoms with Gasteiger partial charge in [0.05, 0.1) is 12.0 Å². The van der Waals surface area contributed by atoms with Crippen molar-refractivity contribution in [3.8, 4) is 6.07 Å². The molecule has 110 valence electrons. The zero-order valence-electron chi connectivity index (χ0n) is 12.4. The molecule has 0 radical (unpaired) electrons. The molecule has 0 N–H and O–H groups in total. The number of rotatable bonds is 3. The summed E-state index contributed by atoms with van der Waals surface area (Å²) >= 11 is 0. The Bertz CT molecular complexity index is 467. The quantitative estimate of drug-likeness (QED) is 0.739. The molecule has 2 aliphatic rings. The van der Waals surface area contributed by atoms with Crippen LogP contribution in [0.25, 0.3) is 0 Å². The number of nitriles is 1. The minimum Gasteiger partial charge on any atom is -0.459 e. The molecule has 1 saturated heterocycles. The second-order valence-electron chi connectivity index (χ2n) is 6.40. The number of fused-ring (bicyclic) bond motifs is 1. The molecule has 5 atom stereocenters. The molecule has 5 unspecified atom stereocenters. The van der Waals surface area contributed by atoms with Crippen LogP contribution in [0.1, 0.15) is 40.5 Å². The first-order valence-corrected chi connectivity index (χ1v) is 7.14. The maximum atomic E-state index is 12.1. The van der Waals surface area contributed by atoms with E-state index in [-0.39, 0.29) is 17.8 Å². The lowest BCUT2D eigenvalue weighted by atomic mass is 9.78. The van der Waals surface area contributed by atoms with E-state index in [9.17, 15) is 14.9 Å². The average Bonchev–Trinajstić information content (AvgIpc) is 2.84. The van der Waals surface area contributed by atoms with E-state index in [1.807, 2.05) is 6.92 Å². The van der Waals surface area contributed by atoms with E-state index in [4.69, 9.17) is 9.47 Å². The van der Waals surface area contributed by atoms with Gasteiger partial charge in [-0.2, -0.15) is 5.26 Å². The molecule has 5 nitrogen and oxygen atoms in total. The fraction of sp³-hybridized carbons (Fsp3) is 0.800. The lowest BCUT2D eigenvalue weighted by molar-refractivity contribution is -0.165. The number of nitrogens with zero attached hydrogens (tertiary/aromatic N) is 1. The molecule has 0 spiro atoms. The highest BCUT2D eigenvalue weighted by Gasteiger charge is 2.63. The normalized spacial score (nSPS) is 37.2. The smallest absolute Gasteiger partial charge is 0.327 e. The standard InChI is InChI=1S/C15H21NO4/c1-8(2)13(17)19-10(4)12-11-5-9(3)6-15(11,7-16)14(18)20-12/h8-12H,5-6H2,1-4H3. The van der Waals surface area contributed by atoms with Crippen molar-refractivity contribution in [2.45, 2.75) is 52.7 Å². The van der Waals surface area contributed by atoms with Gasteiger partial charge in [-0.25, -0.2) is 0 Å². The fourth-order valence-electron chi connectivity index (χ4n) is 3.36. The monoisotopic (exact) mass is 279 g/mol. The first-order chi connectivity index (χ1) is 9.31. The highest BCUT2D eigenvalue weighted by molar-refractivity contribution is 5.83. The van der Waals surface area contributed by atoms with Crippen LogP contribution in [0.15, 0.2) is 0 Å². The molecule has 2 fully saturated rings. The van der Waals surface area contributed by atoms with Crippen molar-refractivity contribution in [3.63, 3.8) is 0 Å². The van der Waals surface area contributed by atoms with Crippen molar-refractivity contribution in [1.29, 1.82) is 5.26 Å². The van der Waals surface area contributed by atoms with Crippen molar-refractivity contribution in [1.82, 2.24) is 0 Å². The molecule has 0 aromatic carbocycles. The second-order valence-corrected chi connectivity index (χ2v) is 6.40. The van der Waals surface area contributed by atoms with Crippen molar-refractivity contribution < 1.29 is 19.1 Å². The molecule has 5 heteroatoms. The molecule has 0 amide bonds. The minimum absolute atomic E-state index is 0.176. The molecule has 0 aromatic heterocycles. The Morgan fingerprint density at radius 2 is 2.15 bits per heavy atom. The predicted octanol–water partition coefficient (Wildman–Crippen LogP) is 2.06. The first kappa shape index (κ1) is 14.8. The lowest BCUT2D eigenvalue weighted by Gasteiger charge is -2.24. The minimum atomic E-state index is -1.04. The number of cyclic esters (lactones) is 1. The van der Waals surface area contributed by atoms with Crippen LogP contribution in [0.5, 0.6) is 0 Å². The molecule has 0 bridgehead atoms. The van der Waals surface area contributed by atoms with Gasteiger partial charge in [0.2, 0.25) is 0 Å². The summed E-state index contributed by atoms with van der Waals surface area (Å²) in [4.78, 5) is 23.8. The van der Waals surface area contributed by atoms with Gasteiger partial charge in [-0.05, 0) is 25.7 Å². The number of hydrogen-bond donors (Lipinski definition) is 0. The van der Waals surface area contributed by atoms with Gasteiger partial charge in [0.15, 0.2) is 5.41 Å². The van der Waals surface area contributed by atoms with Crippen molar-refractivity contribution in [2.24, 2.45) is 23.2 Å². The Hall–Kier alpha value is -1.57. The molecule has 20 heavy (non-hydrogen) atoms. The number of hydrogen-bond acceptors (Lipinski definition) is 5. The summed E-state index contributed by atoms with van der Waals surface area (Å²) in [6.45, 7) is 7.28. The van der Waals surface area contributed by atoms with Crippen LogP contribution in [0.2, 0.25) is 0 Å². The zero-order chi connectivity index (χ0) is 15.1. The van der Waals surface area contributed by atoms with Gasteiger partial charge in [0.25, 0.3) is 0 Å². The Morgan fingerprint density at radius 3 is 2.70 bits per heavy atom. The summed E-state index contributed by atoms with van der Waals surface area (Å²) in [6.07, 6.45) is 0.274. The van der Waals surface area contributed by atoms with Crippen LogP contribution in [0, 0.1) is 34.5 Å². The molecule has 1 aliphatic carbocycles. The van der Waals surface area contributed by atoms with Crippen molar-refractivity contribution >= 4 is 11.9 Å². The third-order valence-corrected chi connectivity index (χ3v) is 4.40. The lowest BCUT2D eigenvalue weighted by Crippen LogP contribution is -2.36. The van der Waals surface area contributed by atoms with Gasteiger partial charge >= 0.3 is 11.9 Å². The van der Waals surface area contributed by atoms with Gasteiger partial charge in [0.1, 0.15) is 12.2 Å². The summed E-state index contributed by atoms with van der Waals surface area (Å²) in [5.41, 5.74) is -1.04. The number of esters is 2. The highest BCUT2D eigenvalue weighted by Crippen LogP contribution is 2.54. The van der Waals surface area contributed by atoms with Crippen LogP contribution < -0.4 is 0 Å². The van der Waals surface area contributed by atoms with Gasteiger partial charge in [-0.15, -0.1) is 0 Å². The molecular formula is C15H21NO4. The van der Waals surface area contributed by atoms with E-state index >= 15 is 0 Å². The van der Waals surface area contributed by atoms with Gasteiger partial charge in [-0.3, -0.25) is 9.59 Å². The van der Waals surface area contributed by atoms with Gasteiger partial charge in [0, 0.05) is 5.92 Å². The van der Waals surface area contributed by atoms with Crippen LogP contribution in [0.3, 0.4) is 0 Å². The summed E-state index contributed by atoms with van der Waals surface area (Å²) < 4.78 is 10.7. The topological polar surface area (TPSA) is 76.4 Å². The van der Waals surface area contributed by atoms with Crippen LogP contribution in [0.4, 0.5) is 0 Å². The summed E-state index contributed by atoms with van der Waals surface area (Å²) in [7, 11) is 0. The van der Waals surface area contributed by atoms with E-state index in [0.29, 0.717) is 12.3 Å². The van der Waals surface area contributed by atoms with E-state index in [1.54, 1.807) is 20.8 Å². The third kappa shape index (κ3) is 2.17. The van der Waals surface area contributed by atoms with Crippen LogP contribution >= 0.6 is 0 Å². The number of ether oxygens (including phenoxy) is 2. The molecular weight excluding hydrogens is 258 g/mol. The Balaban J connectivity index is 2.17. The van der Waals surface area contributed by atoms with Crippen molar-refractivity contribution in [2.75, 3.05) is 0 Å². The fourth-order valence-corrected chi connectivity index (χ4v) is 3.36.